The molecule has 0 amide bonds. The van der Waals surface area contributed by atoms with Crippen LogP contribution in [0.1, 0.15) is 48.3 Å². The molecule has 0 radical (unpaired) electrons. The van der Waals surface area contributed by atoms with Gasteiger partial charge in [0.2, 0.25) is 0 Å². The summed E-state index contributed by atoms with van der Waals surface area (Å²) in [4.78, 5) is 8.55. The average molecular weight is 267 g/mol. The summed E-state index contributed by atoms with van der Waals surface area (Å²) in [5.74, 6) is 0. The molecule has 1 aromatic rings. The Morgan fingerprint density at radius 3 is 2.89 bits per heavy atom. The van der Waals surface area contributed by atoms with E-state index in [4.69, 9.17) is 0 Å². The number of likely N-dealkylation sites (N-methyl/N-ethyl adjacent to an activating group) is 1. The lowest BCUT2D eigenvalue weighted by Crippen LogP contribution is -2.46. The molecular weight excluding hydrogens is 242 g/mol. The van der Waals surface area contributed by atoms with Crippen molar-refractivity contribution >= 4 is 11.3 Å². The number of thiazole rings is 1. The lowest BCUT2D eigenvalue weighted by atomic mass is 10.0. The van der Waals surface area contributed by atoms with Gasteiger partial charge in [0.25, 0.3) is 0 Å². The van der Waals surface area contributed by atoms with Crippen LogP contribution in [-0.4, -0.2) is 35.6 Å². The van der Waals surface area contributed by atoms with E-state index < -0.39 is 0 Å². The molecule has 0 saturated carbocycles. The lowest BCUT2D eigenvalue weighted by molar-refractivity contribution is 0.191. The second kappa shape index (κ2) is 6.13. The predicted octanol–water partition coefficient (Wildman–Crippen LogP) is 2.89. The fourth-order valence-corrected chi connectivity index (χ4v) is 3.77. The number of nitrogens with one attached hydrogen (secondary N) is 1. The highest BCUT2D eigenvalue weighted by Crippen LogP contribution is 2.23. The van der Waals surface area contributed by atoms with E-state index in [0.29, 0.717) is 12.1 Å². The monoisotopic (exact) mass is 267 g/mol. The highest BCUT2D eigenvalue weighted by Gasteiger charge is 2.22. The zero-order valence-electron chi connectivity index (χ0n) is 12.0. The highest BCUT2D eigenvalue weighted by molar-refractivity contribution is 7.11. The Morgan fingerprint density at radius 1 is 1.50 bits per heavy atom. The van der Waals surface area contributed by atoms with Gasteiger partial charge in [0, 0.05) is 23.5 Å². The molecule has 102 valence electrons. The van der Waals surface area contributed by atoms with E-state index in [1.807, 2.05) is 0 Å². The van der Waals surface area contributed by atoms with E-state index in [2.05, 4.69) is 42.9 Å². The Hall–Kier alpha value is -0.450. The van der Waals surface area contributed by atoms with Crippen molar-refractivity contribution in [2.75, 3.05) is 19.6 Å². The van der Waals surface area contributed by atoms with Gasteiger partial charge >= 0.3 is 0 Å². The molecule has 1 aromatic heterocycles. The van der Waals surface area contributed by atoms with Crippen LogP contribution in [0.25, 0.3) is 0 Å². The van der Waals surface area contributed by atoms with Crippen LogP contribution >= 0.6 is 11.3 Å². The van der Waals surface area contributed by atoms with Crippen molar-refractivity contribution in [2.24, 2.45) is 0 Å². The van der Waals surface area contributed by atoms with E-state index in [9.17, 15) is 0 Å². The molecule has 2 unspecified atom stereocenters. The number of hydrogen-bond donors (Lipinski definition) is 1. The minimum Gasteiger partial charge on any atom is -0.305 e. The molecule has 0 aromatic carbocycles. The molecule has 2 rings (SSSR count). The van der Waals surface area contributed by atoms with Crippen molar-refractivity contribution in [2.45, 2.75) is 52.6 Å². The van der Waals surface area contributed by atoms with Crippen LogP contribution in [0.5, 0.6) is 0 Å². The summed E-state index contributed by atoms with van der Waals surface area (Å²) < 4.78 is 0. The molecule has 2 atom stereocenters. The van der Waals surface area contributed by atoms with Crippen molar-refractivity contribution in [3.05, 3.63) is 15.6 Å². The SMILES string of the molecule is CCN1CCCC(NC(C)c2nc(C)sc2C)C1. The molecule has 1 N–H and O–H groups in total. The van der Waals surface area contributed by atoms with Gasteiger partial charge in [0.05, 0.1) is 10.7 Å². The summed E-state index contributed by atoms with van der Waals surface area (Å²) in [6.07, 6.45) is 2.61. The number of aryl methyl sites for hydroxylation is 2. The highest BCUT2D eigenvalue weighted by atomic mass is 32.1. The van der Waals surface area contributed by atoms with Crippen molar-refractivity contribution in [1.82, 2.24) is 15.2 Å². The summed E-state index contributed by atoms with van der Waals surface area (Å²) in [5, 5.41) is 4.93. The normalized spacial score (nSPS) is 23.2. The van der Waals surface area contributed by atoms with Crippen LogP contribution in [0.15, 0.2) is 0 Å². The van der Waals surface area contributed by atoms with E-state index in [0.717, 1.165) is 0 Å². The summed E-state index contributed by atoms with van der Waals surface area (Å²) in [7, 11) is 0. The van der Waals surface area contributed by atoms with E-state index in [1.165, 1.54) is 48.1 Å². The first-order chi connectivity index (χ1) is 8.60. The second-order valence-corrected chi connectivity index (χ2v) is 6.70. The smallest absolute Gasteiger partial charge is 0.0900 e. The zero-order chi connectivity index (χ0) is 13.1. The summed E-state index contributed by atoms with van der Waals surface area (Å²) in [6.45, 7) is 12.4. The molecule has 2 heterocycles. The maximum atomic E-state index is 4.66. The largest absolute Gasteiger partial charge is 0.305 e. The van der Waals surface area contributed by atoms with Crippen LogP contribution < -0.4 is 5.32 Å². The third-order valence-electron chi connectivity index (χ3n) is 3.79. The topological polar surface area (TPSA) is 28.2 Å². The van der Waals surface area contributed by atoms with Crippen LogP contribution in [0, 0.1) is 13.8 Å². The van der Waals surface area contributed by atoms with E-state index in [-0.39, 0.29) is 0 Å². The number of rotatable bonds is 4. The minimum atomic E-state index is 0.372. The van der Waals surface area contributed by atoms with E-state index in [1.54, 1.807) is 11.3 Å². The number of likely N-dealkylation sites (tertiary alicyclic amines) is 1. The first-order valence-electron chi connectivity index (χ1n) is 7.02. The van der Waals surface area contributed by atoms with Crippen LogP contribution in [0.4, 0.5) is 0 Å². The summed E-state index contributed by atoms with van der Waals surface area (Å²) in [6, 6.07) is 0.992. The quantitative estimate of drug-likeness (QED) is 0.909. The van der Waals surface area contributed by atoms with Crippen LogP contribution in [-0.2, 0) is 0 Å². The van der Waals surface area contributed by atoms with Crippen molar-refractivity contribution < 1.29 is 0 Å². The minimum absolute atomic E-state index is 0.372. The van der Waals surface area contributed by atoms with Gasteiger partial charge in [-0.1, -0.05) is 6.92 Å². The third kappa shape index (κ3) is 3.31. The molecule has 1 aliphatic heterocycles. The number of aromatic nitrogens is 1. The Morgan fingerprint density at radius 2 is 2.28 bits per heavy atom. The Bertz CT molecular complexity index is 388. The fraction of sp³-hybridized carbons (Fsp3) is 0.786. The molecule has 1 aliphatic rings. The van der Waals surface area contributed by atoms with Gasteiger partial charge in [0.15, 0.2) is 0 Å². The third-order valence-corrected chi connectivity index (χ3v) is 4.69. The summed E-state index contributed by atoms with van der Waals surface area (Å²) >= 11 is 1.80. The van der Waals surface area contributed by atoms with Crippen molar-refractivity contribution in [3.63, 3.8) is 0 Å². The molecule has 0 spiro atoms. The first-order valence-corrected chi connectivity index (χ1v) is 7.84. The Kier molecular flexibility index (Phi) is 4.76. The summed E-state index contributed by atoms with van der Waals surface area (Å²) in [5.41, 5.74) is 1.24. The van der Waals surface area contributed by atoms with Gasteiger partial charge in [-0.05, 0) is 46.7 Å². The maximum absolute atomic E-state index is 4.66. The van der Waals surface area contributed by atoms with Gasteiger partial charge in [-0.25, -0.2) is 4.98 Å². The molecule has 3 nitrogen and oxygen atoms in total. The molecule has 0 aliphatic carbocycles. The zero-order valence-corrected chi connectivity index (χ0v) is 12.8. The molecule has 1 fully saturated rings. The number of hydrogen-bond acceptors (Lipinski definition) is 4. The molecule has 18 heavy (non-hydrogen) atoms. The number of piperidine rings is 1. The van der Waals surface area contributed by atoms with Crippen molar-refractivity contribution in [3.8, 4) is 0 Å². The van der Waals surface area contributed by atoms with Gasteiger partial charge in [-0.3, -0.25) is 0 Å². The standard InChI is InChI=1S/C14H25N3S/c1-5-17-8-6-7-13(9-17)15-10(2)14-11(3)18-12(4)16-14/h10,13,15H,5-9H2,1-4H3. The lowest BCUT2D eigenvalue weighted by Gasteiger charge is -2.33. The number of nitrogens with zero attached hydrogens (tertiary/aromatic N) is 2. The molecule has 1 saturated heterocycles. The molecule has 0 bridgehead atoms. The van der Waals surface area contributed by atoms with E-state index >= 15 is 0 Å². The maximum Gasteiger partial charge on any atom is 0.0900 e. The molecular formula is C14H25N3S. The average Bonchev–Trinajstić information content (AvgIpc) is 2.69. The van der Waals surface area contributed by atoms with Crippen LogP contribution in [0.2, 0.25) is 0 Å². The molecule has 4 heteroatoms. The van der Waals surface area contributed by atoms with Crippen LogP contribution in [0.3, 0.4) is 0 Å². The first kappa shape index (κ1) is 14.0. The van der Waals surface area contributed by atoms with Gasteiger partial charge in [0.1, 0.15) is 0 Å². The van der Waals surface area contributed by atoms with Gasteiger partial charge in [-0.15, -0.1) is 11.3 Å². The Labute approximate surface area is 115 Å². The van der Waals surface area contributed by atoms with Gasteiger partial charge in [-0.2, -0.15) is 0 Å². The second-order valence-electron chi connectivity index (χ2n) is 5.30. The van der Waals surface area contributed by atoms with Gasteiger partial charge < -0.3 is 10.2 Å². The van der Waals surface area contributed by atoms with Crippen molar-refractivity contribution in [1.29, 1.82) is 0 Å². The fourth-order valence-electron chi connectivity index (χ4n) is 2.86. The predicted molar refractivity (Wildman–Crippen MR) is 78.3 cm³/mol. The Balaban J connectivity index is 1.94.